The number of amides is 3. The molecule has 180 valence electrons. The zero-order valence-corrected chi connectivity index (χ0v) is 18.9. The molecule has 0 fully saturated rings. The molecular weight excluding hydrogens is 404 g/mol. The average molecular weight is 445 g/mol. The van der Waals surface area contributed by atoms with Crippen LogP contribution in [0, 0.1) is 5.92 Å². The molecule has 0 radical (unpaired) electrons. The van der Waals surface area contributed by atoms with E-state index in [-0.39, 0.29) is 5.92 Å². The number of carbonyl (C=O) groups excluding carboxylic acids is 3. The molecule has 0 unspecified atom stereocenters. The minimum atomic E-state index is -1.16. The predicted octanol–water partition coefficient (Wildman–Crippen LogP) is -1.21. The predicted molar refractivity (Wildman–Crippen MR) is 118 cm³/mol. The maximum Gasteiger partial charge on any atom is 0.326 e. The van der Waals surface area contributed by atoms with Gasteiger partial charge >= 0.3 is 5.97 Å². The Labute approximate surface area is 184 Å². The van der Waals surface area contributed by atoms with Crippen LogP contribution in [-0.2, 0) is 19.2 Å². The van der Waals surface area contributed by atoms with Crippen LogP contribution in [0.5, 0.6) is 0 Å². The van der Waals surface area contributed by atoms with Gasteiger partial charge in [-0.2, -0.15) is 0 Å². The molecule has 0 bridgehead atoms. The smallest absolute Gasteiger partial charge is 0.326 e. The van der Waals surface area contributed by atoms with E-state index in [0.29, 0.717) is 45.2 Å². The minimum absolute atomic E-state index is 0.326. The molecule has 0 aliphatic rings. The van der Waals surface area contributed by atoms with Gasteiger partial charge in [-0.15, -0.1) is 0 Å². The lowest BCUT2D eigenvalue weighted by Gasteiger charge is -2.24. The highest BCUT2D eigenvalue weighted by molar-refractivity contribution is 5.93. The van der Waals surface area contributed by atoms with E-state index in [1.807, 2.05) is 0 Å². The van der Waals surface area contributed by atoms with E-state index in [2.05, 4.69) is 16.0 Å². The van der Waals surface area contributed by atoms with E-state index >= 15 is 0 Å². The van der Waals surface area contributed by atoms with Gasteiger partial charge < -0.3 is 38.3 Å². The van der Waals surface area contributed by atoms with Crippen molar-refractivity contribution >= 4 is 23.7 Å². The first-order chi connectivity index (χ1) is 14.5. The van der Waals surface area contributed by atoms with E-state index < -0.39 is 47.9 Å². The summed E-state index contributed by atoms with van der Waals surface area (Å²) in [5.74, 6) is -3.10. The van der Waals surface area contributed by atoms with Crippen LogP contribution in [0.2, 0.25) is 0 Å². The molecule has 0 saturated heterocycles. The second-order valence-corrected chi connectivity index (χ2v) is 8.04. The van der Waals surface area contributed by atoms with Crippen molar-refractivity contribution in [3.8, 4) is 0 Å². The quantitative estimate of drug-likeness (QED) is 0.143. The van der Waals surface area contributed by atoms with Gasteiger partial charge in [-0.25, -0.2) is 4.79 Å². The van der Waals surface area contributed by atoms with E-state index in [1.165, 1.54) is 6.92 Å². The molecule has 0 saturated carbocycles. The Morgan fingerprint density at radius 3 is 1.81 bits per heavy atom. The molecule has 0 aromatic carbocycles. The maximum absolute atomic E-state index is 12.7. The fourth-order valence-electron chi connectivity index (χ4n) is 2.85. The van der Waals surface area contributed by atoms with Crippen LogP contribution in [0.1, 0.15) is 59.3 Å². The van der Waals surface area contributed by atoms with Crippen molar-refractivity contribution in [1.82, 2.24) is 16.0 Å². The summed E-state index contributed by atoms with van der Waals surface area (Å²) >= 11 is 0. The molecular formula is C20H40N6O5. The van der Waals surface area contributed by atoms with Gasteiger partial charge in [-0.05, 0) is 58.0 Å². The van der Waals surface area contributed by atoms with Crippen LogP contribution in [0.25, 0.3) is 0 Å². The zero-order chi connectivity index (χ0) is 24.0. The SMILES string of the molecule is CC(C)[C@H](NC(=O)[C@H](C)NC(=O)[C@H](CCCCN)NC(=O)[C@@H](N)CCCCN)C(=O)O. The molecule has 3 amide bonds. The number of rotatable bonds is 16. The first kappa shape index (κ1) is 28.8. The van der Waals surface area contributed by atoms with Crippen LogP contribution < -0.4 is 33.2 Å². The summed E-state index contributed by atoms with van der Waals surface area (Å²) < 4.78 is 0. The van der Waals surface area contributed by atoms with Gasteiger partial charge in [0.15, 0.2) is 0 Å². The van der Waals surface area contributed by atoms with Crippen molar-refractivity contribution in [2.24, 2.45) is 23.1 Å². The third-order valence-corrected chi connectivity index (χ3v) is 4.87. The Morgan fingerprint density at radius 2 is 1.32 bits per heavy atom. The molecule has 4 atom stereocenters. The number of nitrogens with one attached hydrogen (secondary N) is 3. The Morgan fingerprint density at radius 1 is 0.774 bits per heavy atom. The Hall–Kier alpha value is -2.24. The van der Waals surface area contributed by atoms with Gasteiger partial charge in [-0.1, -0.05) is 20.3 Å². The molecule has 0 rings (SSSR count). The highest BCUT2D eigenvalue weighted by atomic mass is 16.4. The van der Waals surface area contributed by atoms with Gasteiger partial charge in [-0.3, -0.25) is 14.4 Å². The van der Waals surface area contributed by atoms with Gasteiger partial charge in [0.25, 0.3) is 0 Å². The second-order valence-electron chi connectivity index (χ2n) is 8.04. The van der Waals surface area contributed by atoms with Crippen LogP contribution in [-0.4, -0.2) is 66.1 Å². The van der Waals surface area contributed by atoms with Gasteiger partial charge in [0, 0.05) is 0 Å². The van der Waals surface area contributed by atoms with Gasteiger partial charge in [0.05, 0.1) is 6.04 Å². The standard InChI is InChI=1S/C20H40N6O5/c1-12(2)16(20(30)31)26-17(27)13(3)24-19(29)15(9-5-7-11-22)25-18(28)14(23)8-4-6-10-21/h12-16H,4-11,21-23H2,1-3H3,(H,24,29)(H,25,28)(H,26,27)(H,30,31)/t13-,14-,15-,16-/m0/s1. The maximum atomic E-state index is 12.7. The van der Waals surface area contributed by atoms with Crippen molar-refractivity contribution in [3.63, 3.8) is 0 Å². The molecule has 0 aliphatic carbocycles. The summed E-state index contributed by atoms with van der Waals surface area (Å²) in [7, 11) is 0. The third kappa shape index (κ3) is 11.7. The highest BCUT2D eigenvalue weighted by Crippen LogP contribution is 2.05. The van der Waals surface area contributed by atoms with E-state index in [4.69, 9.17) is 17.2 Å². The number of carbonyl (C=O) groups is 4. The summed E-state index contributed by atoms with van der Waals surface area (Å²) in [6, 6.07) is -3.70. The molecule has 0 spiro atoms. The summed E-state index contributed by atoms with van der Waals surface area (Å²) in [5, 5.41) is 16.8. The Kier molecular flexibility index (Phi) is 14.4. The summed E-state index contributed by atoms with van der Waals surface area (Å²) in [6.07, 6.45) is 3.51. The number of unbranched alkanes of at least 4 members (excludes halogenated alkanes) is 2. The number of nitrogens with two attached hydrogens (primary N) is 3. The number of carboxylic acid groups (broad SMARTS) is 1. The molecule has 0 aliphatic heterocycles. The van der Waals surface area contributed by atoms with Crippen molar-refractivity contribution in [1.29, 1.82) is 0 Å². The van der Waals surface area contributed by atoms with Crippen molar-refractivity contribution in [3.05, 3.63) is 0 Å². The summed E-state index contributed by atoms with van der Waals surface area (Å²) in [5.41, 5.74) is 16.8. The van der Waals surface area contributed by atoms with Crippen LogP contribution in [0.4, 0.5) is 0 Å². The van der Waals surface area contributed by atoms with Crippen LogP contribution in [0.3, 0.4) is 0 Å². The topological polar surface area (TPSA) is 203 Å². The lowest BCUT2D eigenvalue weighted by molar-refractivity contribution is -0.143. The third-order valence-electron chi connectivity index (χ3n) is 4.87. The monoisotopic (exact) mass is 444 g/mol. The molecule has 11 nitrogen and oxygen atoms in total. The Balaban J connectivity index is 5.00. The van der Waals surface area contributed by atoms with Crippen molar-refractivity contribution < 1.29 is 24.3 Å². The summed E-state index contributed by atoms with van der Waals surface area (Å²) in [4.78, 5) is 48.7. The number of hydrogen-bond acceptors (Lipinski definition) is 7. The van der Waals surface area contributed by atoms with Crippen molar-refractivity contribution in [2.75, 3.05) is 13.1 Å². The molecule has 10 N–H and O–H groups in total. The number of aliphatic carboxylic acids is 1. The van der Waals surface area contributed by atoms with E-state index in [1.54, 1.807) is 13.8 Å². The minimum Gasteiger partial charge on any atom is -0.480 e. The lowest BCUT2D eigenvalue weighted by atomic mass is 10.0. The zero-order valence-electron chi connectivity index (χ0n) is 18.9. The average Bonchev–Trinajstić information content (AvgIpc) is 2.70. The lowest BCUT2D eigenvalue weighted by Crippen LogP contribution is -2.56. The van der Waals surface area contributed by atoms with Crippen LogP contribution >= 0.6 is 0 Å². The summed E-state index contributed by atoms with van der Waals surface area (Å²) in [6.45, 7) is 5.75. The number of hydrogen-bond donors (Lipinski definition) is 7. The van der Waals surface area contributed by atoms with E-state index in [0.717, 1.165) is 6.42 Å². The molecule has 0 heterocycles. The van der Waals surface area contributed by atoms with E-state index in [9.17, 15) is 24.3 Å². The molecule has 0 aromatic rings. The molecule has 11 heteroatoms. The first-order valence-electron chi connectivity index (χ1n) is 10.8. The highest BCUT2D eigenvalue weighted by Gasteiger charge is 2.29. The fraction of sp³-hybridized carbons (Fsp3) is 0.800. The molecule has 31 heavy (non-hydrogen) atoms. The van der Waals surface area contributed by atoms with Gasteiger partial charge in [0.1, 0.15) is 18.1 Å². The van der Waals surface area contributed by atoms with Gasteiger partial charge in [0.2, 0.25) is 17.7 Å². The first-order valence-corrected chi connectivity index (χ1v) is 10.8. The van der Waals surface area contributed by atoms with Crippen LogP contribution in [0.15, 0.2) is 0 Å². The van der Waals surface area contributed by atoms with Crippen molar-refractivity contribution in [2.45, 2.75) is 83.5 Å². The second kappa shape index (κ2) is 15.5. The number of carboxylic acids is 1. The molecule has 0 aromatic heterocycles. The normalized spacial score (nSPS) is 14.9. The Bertz CT molecular complexity index is 586. The fourth-order valence-corrected chi connectivity index (χ4v) is 2.85. The largest absolute Gasteiger partial charge is 0.480 e.